The number of piperidine rings is 1. The number of aromatic nitrogens is 1. The zero-order valence-corrected chi connectivity index (χ0v) is 15.5. The molecule has 0 spiro atoms. The van der Waals surface area contributed by atoms with Crippen molar-refractivity contribution in [2.24, 2.45) is 5.73 Å². The van der Waals surface area contributed by atoms with E-state index in [2.05, 4.69) is 4.98 Å². The fourth-order valence-corrected chi connectivity index (χ4v) is 3.32. The molecule has 8 heteroatoms. The third kappa shape index (κ3) is 5.66. The summed E-state index contributed by atoms with van der Waals surface area (Å²) in [6, 6.07) is 0. The van der Waals surface area contributed by atoms with E-state index in [0.29, 0.717) is 6.54 Å². The Balaban J connectivity index is 0.00000220. The number of halogens is 2. The summed E-state index contributed by atoms with van der Waals surface area (Å²) >= 11 is 1.49. The molecule has 2 heterocycles. The molecule has 2 N–H and O–H groups in total. The predicted octanol–water partition coefficient (Wildman–Crippen LogP) is 2.57. The Morgan fingerprint density at radius 3 is 2.50 bits per heavy atom. The zero-order chi connectivity index (χ0) is 14.5. The molecule has 1 amide bonds. The lowest BCUT2D eigenvalue weighted by atomic mass is 10.1. The van der Waals surface area contributed by atoms with Gasteiger partial charge in [0.1, 0.15) is 4.88 Å². The van der Waals surface area contributed by atoms with E-state index in [9.17, 15) is 4.79 Å². The van der Waals surface area contributed by atoms with E-state index in [1.54, 1.807) is 0 Å². The van der Waals surface area contributed by atoms with E-state index < -0.39 is 0 Å². The van der Waals surface area contributed by atoms with Crippen molar-refractivity contribution in [3.63, 3.8) is 0 Å². The number of nitrogens with zero attached hydrogens (tertiary/aromatic N) is 2. The van der Waals surface area contributed by atoms with E-state index in [4.69, 9.17) is 10.5 Å². The standard InChI is InChI=1S/C14H23N3O2S.2ClH/c1-10-13(20-11(2)16-10)14(18)17-7-4-12(5-8-17)19-9-3-6-15;;/h12H,3-9,15H2,1-2H3;2*1H. The number of nitrogens with two attached hydrogens (primary N) is 1. The van der Waals surface area contributed by atoms with Crippen LogP contribution in [0.15, 0.2) is 0 Å². The molecular weight excluding hydrogens is 345 g/mol. The second-order valence-electron chi connectivity index (χ2n) is 5.15. The van der Waals surface area contributed by atoms with Crippen LogP contribution in [0.5, 0.6) is 0 Å². The quantitative estimate of drug-likeness (QED) is 0.809. The van der Waals surface area contributed by atoms with E-state index >= 15 is 0 Å². The van der Waals surface area contributed by atoms with Crippen molar-refractivity contribution in [2.45, 2.75) is 39.2 Å². The molecule has 0 saturated carbocycles. The minimum Gasteiger partial charge on any atom is -0.378 e. The van der Waals surface area contributed by atoms with Gasteiger partial charge in [-0.05, 0) is 39.7 Å². The van der Waals surface area contributed by atoms with Crippen LogP contribution in [0.3, 0.4) is 0 Å². The Morgan fingerprint density at radius 2 is 2.00 bits per heavy atom. The number of thiazole rings is 1. The highest BCUT2D eigenvalue weighted by molar-refractivity contribution is 7.13. The van der Waals surface area contributed by atoms with Gasteiger partial charge in [0.25, 0.3) is 5.91 Å². The van der Waals surface area contributed by atoms with Gasteiger partial charge >= 0.3 is 0 Å². The van der Waals surface area contributed by atoms with E-state index in [-0.39, 0.29) is 36.8 Å². The van der Waals surface area contributed by atoms with Crippen LogP contribution >= 0.6 is 36.2 Å². The predicted molar refractivity (Wildman–Crippen MR) is 94.6 cm³/mol. The van der Waals surface area contributed by atoms with Crippen molar-refractivity contribution in [3.8, 4) is 0 Å². The molecule has 1 saturated heterocycles. The maximum absolute atomic E-state index is 12.4. The third-order valence-corrected chi connectivity index (χ3v) is 4.59. The molecule has 0 aliphatic carbocycles. The number of rotatable bonds is 5. The summed E-state index contributed by atoms with van der Waals surface area (Å²) in [4.78, 5) is 19.5. The van der Waals surface area contributed by atoms with Crippen molar-refractivity contribution in [1.82, 2.24) is 9.88 Å². The second-order valence-corrected chi connectivity index (χ2v) is 6.36. The van der Waals surface area contributed by atoms with Gasteiger partial charge in [0.15, 0.2) is 0 Å². The van der Waals surface area contributed by atoms with Crippen molar-refractivity contribution in [3.05, 3.63) is 15.6 Å². The van der Waals surface area contributed by atoms with Gasteiger partial charge < -0.3 is 15.4 Å². The Kier molecular flexibility index (Phi) is 10.2. The number of hydrogen-bond donors (Lipinski definition) is 1. The Morgan fingerprint density at radius 1 is 1.36 bits per heavy atom. The first kappa shape index (κ1) is 21.6. The van der Waals surface area contributed by atoms with Crippen LogP contribution < -0.4 is 5.73 Å². The van der Waals surface area contributed by atoms with Crippen molar-refractivity contribution in [2.75, 3.05) is 26.2 Å². The second kappa shape index (κ2) is 10.4. The van der Waals surface area contributed by atoms with Gasteiger partial charge in [0, 0.05) is 19.7 Å². The molecule has 0 aromatic carbocycles. The molecule has 128 valence electrons. The van der Waals surface area contributed by atoms with Crippen LogP contribution in [-0.2, 0) is 4.74 Å². The molecule has 0 atom stereocenters. The highest BCUT2D eigenvalue weighted by Gasteiger charge is 2.26. The van der Waals surface area contributed by atoms with E-state index in [1.807, 2.05) is 18.7 Å². The summed E-state index contributed by atoms with van der Waals surface area (Å²) in [7, 11) is 0. The first-order valence-electron chi connectivity index (χ1n) is 7.16. The van der Waals surface area contributed by atoms with Crippen molar-refractivity contribution in [1.29, 1.82) is 0 Å². The summed E-state index contributed by atoms with van der Waals surface area (Å²) in [5, 5.41) is 0.950. The summed E-state index contributed by atoms with van der Waals surface area (Å²) in [6.07, 6.45) is 2.99. The Labute approximate surface area is 148 Å². The molecule has 5 nitrogen and oxygen atoms in total. The number of carbonyl (C=O) groups excluding carboxylic acids is 1. The van der Waals surface area contributed by atoms with Crippen LogP contribution in [0, 0.1) is 13.8 Å². The smallest absolute Gasteiger partial charge is 0.265 e. The largest absolute Gasteiger partial charge is 0.378 e. The number of amides is 1. The molecule has 22 heavy (non-hydrogen) atoms. The lowest BCUT2D eigenvalue weighted by Gasteiger charge is -2.31. The highest BCUT2D eigenvalue weighted by atomic mass is 35.5. The van der Waals surface area contributed by atoms with Gasteiger partial charge in [-0.1, -0.05) is 0 Å². The number of aryl methyl sites for hydroxylation is 2. The molecule has 0 bridgehead atoms. The molecule has 2 rings (SSSR count). The minimum absolute atomic E-state index is 0. The van der Waals surface area contributed by atoms with Crippen molar-refractivity contribution < 1.29 is 9.53 Å². The van der Waals surface area contributed by atoms with E-state index in [1.165, 1.54) is 11.3 Å². The Bertz CT molecular complexity index is 463. The SMILES string of the molecule is Cc1nc(C)c(C(=O)N2CCC(OCCCN)CC2)s1.Cl.Cl. The first-order chi connectivity index (χ1) is 9.61. The maximum Gasteiger partial charge on any atom is 0.265 e. The molecule has 1 aromatic rings. The number of carbonyl (C=O) groups is 1. The topological polar surface area (TPSA) is 68.5 Å². The highest BCUT2D eigenvalue weighted by Crippen LogP contribution is 2.22. The average molecular weight is 370 g/mol. The Hall–Kier alpha value is -0.400. The lowest BCUT2D eigenvalue weighted by Crippen LogP contribution is -2.41. The fourth-order valence-electron chi connectivity index (χ4n) is 2.43. The van der Waals surface area contributed by atoms with Crippen LogP contribution in [0.4, 0.5) is 0 Å². The monoisotopic (exact) mass is 369 g/mol. The molecule has 1 aliphatic rings. The van der Waals surface area contributed by atoms with Gasteiger partial charge in [-0.2, -0.15) is 0 Å². The van der Waals surface area contributed by atoms with Crippen LogP contribution in [-0.4, -0.2) is 48.1 Å². The van der Waals surface area contributed by atoms with Crippen LogP contribution in [0.1, 0.15) is 39.6 Å². The summed E-state index contributed by atoms with van der Waals surface area (Å²) in [5.41, 5.74) is 6.29. The third-order valence-electron chi connectivity index (χ3n) is 3.53. The van der Waals surface area contributed by atoms with Gasteiger partial charge in [-0.25, -0.2) is 4.98 Å². The number of likely N-dealkylation sites (tertiary alicyclic amines) is 1. The van der Waals surface area contributed by atoms with Crippen LogP contribution in [0.25, 0.3) is 0 Å². The first-order valence-corrected chi connectivity index (χ1v) is 7.98. The van der Waals surface area contributed by atoms with Gasteiger partial charge in [0.05, 0.1) is 16.8 Å². The van der Waals surface area contributed by atoms with Gasteiger partial charge in [-0.15, -0.1) is 36.2 Å². The fraction of sp³-hybridized carbons (Fsp3) is 0.714. The van der Waals surface area contributed by atoms with Gasteiger partial charge in [0.2, 0.25) is 0 Å². The number of hydrogen-bond acceptors (Lipinski definition) is 5. The zero-order valence-electron chi connectivity index (χ0n) is 13.0. The summed E-state index contributed by atoms with van der Waals surface area (Å²) in [5.74, 6) is 0.119. The molecule has 1 aromatic heterocycles. The molecule has 1 aliphatic heterocycles. The normalized spacial score (nSPS) is 15.1. The molecular formula is C14H25Cl2N3O2S. The number of ether oxygens (including phenoxy) is 1. The van der Waals surface area contributed by atoms with Crippen LogP contribution in [0.2, 0.25) is 0 Å². The molecule has 0 unspecified atom stereocenters. The maximum atomic E-state index is 12.4. The molecule has 0 radical (unpaired) electrons. The minimum atomic E-state index is 0. The average Bonchev–Trinajstić information content (AvgIpc) is 2.78. The summed E-state index contributed by atoms with van der Waals surface area (Å²) in [6.45, 7) is 6.76. The molecule has 1 fully saturated rings. The van der Waals surface area contributed by atoms with Gasteiger partial charge in [-0.3, -0.25) is 4.79 Å². The lowest BCUT2D eigenvalue weighted by molar-refractivity contribution is 0.00855. The van der Waals surface area contributed by atoms with Crippen molar-refractivity contribution >= 4 is 42.1 Å². The van der Waals surface area contributed by atoms with E-state index in [0.717, 1.165) is 54.5 Å². The summed E-state index contributed by atoms with van der Waals surface area (Å²) < 4.78 is 5.76.